The Morgan fingerprint density at radius 3 is 2.90 bits per heavy atom. The van der Waals surface area contributed by atoms with Gasteiger partial charge in [-0.1, -0.05) is 0 Å². The van der Waals surface area contributed by atoms with Gasteiger partial charge in [-0.25, -0.2) is 0 Å². The zero-order valence-corrected chi connectivity index (χ0v) is 15.7. The van der Waals surface area contributed by atoms with Crippen LogP contribution in [0.4, 0.5) is 0 Å². The van der Waals surface area contributed by atoms with E-state index in [2.05, 4.69) is 50.9 Å². The van der Waals surface area contributed by atoms with Gasteiger partial charge in [-0.2, -0.15) is 16.9 Å². The smallest absolute Gasteiger partial charge is 0.0851 e. The molecule has 114 valence electrons. The summed E-state index contributed by atoms with van der Waals surface area (Å²) in [6.07, 6.45) is 3.12. The van der Waals surface area contributed by atoms with Crippen molar-refractivity contribution in [2.75, 3.05) is 12.8 Å². The van der Waals surface area contributed by atoms with Gasteiger partial charge in [0.05, 0.1) is 22.4 Å². The van der Waals surface area contributed by atoms with Crippen molar-refractivity contribution in [3.63, 3.8) is 0 Å². The molecule has 0 amide bonds. The number of halogens is 1. The van der Waals surface area contributed by atoms with Gasteiger partial charge in [0.1, 0.15) is 0 Å². The van der Waals surface area contributed by atoms with E-state index < -0.39 is 0 Å². The van der Waals surface area contributed by atoms with Crippen molar-refractivity contribution < 1.29 is 0 Å². The molecule has 0 bridgehead atoms. The summed E-state index contributed by atoms with van der Waals surface area (Å²) in [6, 6.07) is 2.94. The second-order valence-corrected chi connectivity index (χ2v) is 8.67. The molecule has 0 radical (unpaired) electrons. The third-order valence-corrected chi connectivity index (χ3v) is 6.69. The van der Waals surface area contributed by atoms with Gasteiger partial charge in [0.2, 0.25) is 0 Å². The Kier molecular flexibility index (Phi) is 4.78. The number of thioether (sulfide) groups is 1. The summed E-state index contributed by atoms with van der Waals surface area (Å²) in [5.74, 6) is 2.41. The number of aryl methyl sites for hydroxylation is 1. The van der Waals surface area contributed by atoms with Crippen LogP contribution in [0, 0.1) is 0 Å². The minimum absolute atomic E-state index is 0.199. The molecular formula is C15H20BrN3S2. The Bertz CT molecular complexity index is 609. The lowest BCUT2D eigenvalue weighted by Crippen LogP contribution is -2.22. The van der Waals surface area contributed by atoms with Crippen LogP contribution in [0.15, 0.2) is 16.7 Å². The van der Waals surface area contributed by atoms with Crippen molar-refractivity contribution >= 4 is 39.0 Å². The molecule has 0 aliphatic carbocycles. The Morgan fingerprint density at radius 1 is 1.43 bits per heavy atom. The van der Waals surface area contributed by atoms with Crippen LogP contribution >= 0.6 is 39.0 Å². The van der Waals surface area contributed by atoms with Gasteiger partial charge in [-0.05, 0) is 60.6 Å². The minimum Gasteiger partial charge on any atom is -0.307 e. The Labute approximate surface area is 142 Å². The fourth-order valence-electron chi connectivity index (χ4n) is 2.76. The molecule has 1 aliphatic rings. The molecule has 0 fully saturated rings. The van der Waals surface area contributed by atoms with Crippen molar-refractivity contribution in [3.05, 3.63) is 37.7 Å². The molecular weight excluding hydrogens is 366 g/mol. The van der Waals surface area contributed by atoms with Gasteiger partial charge in [-0.3, -0.25) is 4.68 Å². The predicted octanol–water partition coefficient (Wildman–Crippen LogP) is 4.39. The largest absolute Gasteiger partial charge is 0.307 e. The first-order valence-electron chi connectivity index (χ1n) is 7.21. The van der Waals surface area contributed by atoms with Gasteiger partial charge in [0, 0.05) is 21.5 Å². The standard InChI is InChI=1S/C15H20BrN3S2/c1-9(2)19-15(11(16)7-18-19)14(17-3)13-6-10-8-20-5-4-12(10)21-13/h6-7,9,14,17H,4-5,8H2,1-3H3. The Morgan fingerprint density at radius 2 is 2.24 bits per heavy atom. The van der Waals surface area contributed by atoms with E-state index in [-0.39, 0.29) is 6.04 Å². The van der Waals surface area contributed by atoms with E-state index in [0.717, 1.165) is 10.2 Å². The summed E-state index contributed by atoms with van der Waals surface area (Å²) >= 11 is 7.67. The maximum atomic E-state index is 4.52. The summed E-state index contributed by atoms with van der Waals surface area (Å²) in [5.41, 5.74) is 2.75. The van der Waals surface area contributed by atoms with Crippen LogP contribution in [-0.2, 0) is 12.2 Å². The van der Waals surface area contributed by atoms with Crippen LogP contribution in [0.3, 0.4) is 0 Å². The lowest BCUT2D eigenvalue weighted by molar-refractivity contribution is 0.485. The molecule has 2 aromatic heterocycles. The molecule has 0 saturated heterocycles. The predicted molar refractivity (Wildman–Crippen MR) is 95.4 cm³/mol. The number of rotatable bonds is 4. The van der Waals surface area contributed by atoms with Crippen LogP contribution in [0.5, 0.6) is 0 Å². The van der Waals surface area contributed by atoms with Crippen LogP contribution < -0.4 is 5.32 Å². The van der Waals surface area contributed by atoms with Crippen molar-refractivity contribution in [1.29, 1.82) is 0 Å². The number of hydrogen-bond acceptors (Lipinski definition) is 4. The van der Waals surface area contributed by atoms with E-state index >= 15 is 0 Å². The minimum atomic E-state index is 0.199. The first-order valence-corrected chi connectivity index (χ1v) is 9.97. The molecule has 3 heterocycles. The number of nitrogens with one attached hydrogen (secondary N) is 1. The first kappa shape index (κ1) is 15.6. The van der Waals surface area contributed by atoms with Crippen LogP contribution in [0.1, 0.15) is 46.9 Å². The highest BCUT2D eigenvalue weighted by atomic mass is 79.9. The molecule has 0 aromatic carbocycles. The van der Waals surface area contributed by atoms with Crippen molar-refractivity contribution in [3.8, 4) is 0 Å². The number of aromatic nitrogens is 2. The third kappa shape index (κ3) is 2.96. The zero-order valence-electron chi connectivity index (χ0n) is 12.5. The van der Waals surface area contributed by atoms with E-state index in [1.165, 1.54) is 28.3 Å². The van der Waals surface area contributed by atoms with E-state index in [1.807, 2.05) is 36.3 Å². The molecule has 0 saturated carbocycles. The average Bonchev–Trinajstić information content (AvgIpc) is 3.04. The van der Waals surface area contributed by atoms with E-state index in [4.69, 9.17) is 0 Å². The highest BCUT2D eigenvalue weighted by Crippen LogP contribution is 2.38. The lowest BCUT2D eigenvalue weighted by Gasteiger charge is -2.19. The van der Waals surface area contributed by atoms with E-state index in [1.54, 1.807) is 4.88 Å². The fraction of sp³-hybridized carbons (Fsp3) is 0.533. The molecule has 21 heavy (non-hydrogen) atoms. The average molecular weight is 386 g/mol. The molecule has 0 spiro atoms. The van der Waals surface area contributed by atoms with Gasteiger partial charge >= 0.3 is 0 Å². The van der Waals surface area contributed by atoms with Gasteiger partial charge in [0.15, 0.2) is 0 Å². The monoisotopic (exact) mass is 385 g/mol. The highest BCUT2D eigenvalue weighted by Gasteiger charge is 2.25. The number of nitrogens with zero attached hydrogens (tertiary/aromatic N) is 2. The molecule has 2 aromatic rings. The molecule has 1 atom stereocenters. The second kappa shape index (κ2) is 6.44. The lowest BCUT2D eigenvalue weighted by atomic mass is 10.1. The summed E-state index contributed by atoms with van der Waals surface area (Å²) < 4.78 is 3.19. The van der Waals surface area contributed by atoms with E-state index in [0.29, 0.717) is 6.04 Å². The quantitative estimate of drug-likeness (QED) is 0.846. The van der Waals surface area contributed by atoms with Crippen LogP contribution in [0.2, 0.25) is 0 Å². The molecule has 3 nitrogen and oxygen atoms in total. The number of fused-ring (bicyclic) bond motifs is 1. The van der Waals surface area contributed by atoms with Crippen molar-refractivity contribution in [2.45, 2.75) is 38.1 Å². The van der Waals surface area contributed by atoms with Crippen molar-refractivity contribution in [2.24, 2.45) is 0 Å². The maximum Gasteiger partial charge on any atom is 0.0851 e. The summed E-state index contributed by atoms with van der Waals surface area (Å²) in [6.45, 7) is 4.34. The first-order chi connectivity index (χ1) is 10.1. The molecule has 6 heteroatoms. The van der Waals surface area contributed by atoms with Crippen LogP contribution in [0.25, 0.3) is 0 Å². The molecule has 3 rings (SSSR count). The molecule has 1 N–H and O–H groups in total. The normalized spacial score (nSPS) is 16.2. The number of hydrogen-bond donors (Lipinski definition) is 1. The zero-order chi connectivity index (χ0) is 15.0. The maximum absolute atomic E-state index is 4.52. The molecule has 1 aliphatic heterocycles. The van der Waals surface area contributed by atoms with E-state index in [9.17, 15) is 0 Å². The summed E-state index contributed by atoms with van der Waals surface area (Å²) in [7, 11) is 2.03. The Hall–Kier alpha value is -0.300. The van der Waals surface area contributed by atoms with Gasteiger partial charge in [-0.15, -0.1) is 11.3 Å². The second-order valence-electron chi connectivity index (χ2n) is 5.54. The van der Waals surface area contributed by atoms with Crippen LogP contribution in [-0.4, -0.2) is 22.6 Å². The topological polar surface area (TPSA) is 29.9 Å². The Balaban J connectivity index is 2.02. The van der Waals surface area contributed by atoms with Gasteiger partial charge in [0.25, 0.3) is 0 Å². The van der Waals surface area contributed by atoms with Crippen molar-refractivity contribution in [1.82, 2.24) is 15.1 Å². The highest BCUT2D eigenvalue weighted by molar-refractivity contribution is 9.10. The fourth-order valence-corrected chi connectivity index (χ4v) is 5.75. The number of thiophene rings is 1. The SMILES string of the molecule is CNC(c1cc2c(s1)CCSC2)c1c(Br)cnn1C(C)C. The summed E-state index contributed by atoms with van der Waals surface area (Å²) in [5, 5.41) is 8.00. The van der Waals surface area contributed by atoms with Gasteiger partial charge < -0.3 is 5.32 Å². The summed E-state index contributed by atoms with van der Waals surface area (Å²) in [4.78, 5) is 2.96. The molecule has 1 unspecified atom stereocenters. The third-order valence-electron chi connectivity index (χ3n) is 3.77.